The van der Waals surface area contributed by atoms with Gasteiger partial charge in [0.2, 0.25) is 0 Å². The van der Waals surface area contributed by atoms with Crippen molar-refractivity contribution in [3.8, 4) is 11.1 Å². The Morgan fingerprint density at radius 2 is 1.68 bits per heavy atom. The molecule has 4 aromatic rings. The Hall–Kier alpha value is -3.18. The summed E-state index contributed by atoms with van der Waals surface area (Å²) in [5, 5.41) is 4.81. The minimum atomic E-state index is -0.0369. The maximum atomic E-state index is 5.09. The summed E-state index contributed by atoms with van der Waals surface area (Å²) in [4.78, 5) is 9.24. The van der Waals surface area contributed by atoms with Gasteiger partial charge in [0, 0.05) is 22.6 Å². The van der Waals surface area contributed by atoms with Gasteiger partial charge >= 0.3 is 0 Å². The molecule has 0 spiro atoms. The van der Waals surface area contributed by atoms with E-state index in [9.17, 15) is 0 Å². The number of aryl methyl sites for hydroxylation is 2. The fraction of sp³-hybridized carbons (Fsp3) is 0.379. The molecule has 1 fully saturated rings. The summed E-state index contributed by atoms with van der Waals surface area (Å²) >= 11 is 0. The van der Waals surface area contributed by atoms with Gasteiger partial charge in [-0.2, -0.15) is 9.61 Å². The van der Waals surface area contributed by atoms with Crippen LogP contribution in [0.2, 0.25) is 0 Å². The van der Waals surface area contributed by atoms with E-state index in [1.807, 2.05) is 10.7 Å². The molecule has 0 radical (unpaired) electrons. The number of benzene rings is 2. The van der Waals surface area contributed by atoms with Crippen molar-refractivity contribution in [3.05, 3.63) is 83.2 Å². The quantitative estimate of drug-likeness (QED) is 0.502. The zero-order valence-corrected chi connectivity index (χ0v) is 21.1. The number of rotatable bonds is 4. The normalized spacial score (nSPS) is 15.3. The van der Waals surface area contributed by atoms with Crippen molar-refractivity contribution in [1.29, 1.82) is 0 Å². The standard InChI is InChI=1S/C29H35N5/c1-21-11-12-24(22(2)17-21)20-32-13-15-33(16-14-32)27-18-26(29(3,4)5)31-28-25(19-30-34(27)28)23-9-7-6-8-10-23/h6-12,17-19H,13-16,20H2,1-5H3/p+1. The highest BCUT2D eigenvalue weighted by Gasteiger charge is 2.26. The predicted octanol–water partition coefficient (Wildman–Crippen LogP) is 4.22. The summed E-state index contributed by atoms with van der Waals surface area (Å²) in [7, 11) is 0. The van der Waals surface area contributed by atoms with Crippen molar-refractivity contribution in [2.24, 2.45) is 0 Å². The maximum absolute atomic E-state index is 5.09. The average Bonchev–Trinajstić information content (AvgIpc) is 3.25. The number of fused-ring (bicyclic) bond motifs is 1. The molecule has 0 atom stereocenters. The SMILES string of the molecule is Cc1ccc(C[NH+]2CCN(c3cc(C(C)(C)C)nc4c(-c5ccccc5)cnn34)CC2)c(C)c1. The Bertz CT molecular complexity index is 1290. The highest BCUT2D eigenvalue weighted by Crippen LogP contribution is 2.30. The van der Waals surface area contributed by atoms with E-state index in [4.69, 9.17) is 10.1 Å². The number of hydrogen-bond acceptors (Lipinski definition) is 3. The minimum absolute atomic E-state index is 0.0369. The van der Waals surface area contributed by atoms with Crippen LogP contribution < -0.4 is 9.80 Å². The zero-order chi connectivity index (χ0) is 23.9. The fourth-order valence-electron chi connectivity index (χ4n) is 4.92. The van der Waals surface area contributed by atoms with Crippen molar-refractivity contribution in [1.82, 2.24) is 14.6 Å². The Balaban J connectivity index is 1.44. The van der Waals surface area contributed by atoms with E-state index in [0.29, 0.717) is 0 Å². The van der Waals surface area contributed by atoms with Crippen LogP contribution in [0.4, 0.5) is 5.82 Å². The Labute approximate surface area is 203 Å². The van der Waals surface area contributed by atoms with Gasteiger partial charge < -0.3 is 9.80 Å². The van der Waals surface area contributed by atoms with Gasteiger partial charge in [-0.25, -0.2) is 4.98 Å². The second-order valence-corrected chi connectivity index (χ2v) is 10.8. The molecule has 1 N–H and O–H groups in total. The molecule has 1 aliphatic heterocycles. The lowest BCUT2D eigenvalue weighted by Crippen LogP contribution is -3.13. The predicted molar refractivity (Wildman–Crippen MR) is 140 cm³/mol. The topological polar surface area (TPSA) is 37.9 Å². The first-order chi connectivity index (χ1) is 16.3. The molecule has 1 aliphatic rings. The highest BCUT2D eigenvalue weighted by atomic mass is 15.4. The molecule has 0 saturated carbocycles. The first-order valence-corrected chi connectivity index (χ1v) is 12.4. The van der Waals surface area contributed by atoms with E-state index in [1.54, 1.807) is 4.90 Å². The Kier molecular flexibility index (Phi) is 5.90. The summed E-state index contributed by atoms with van der Waals surface area (Å²) < 4.78 is 2.05. The lowest BCUT2D eigenvalue weighted by Gasteiger charge is -2.34. The van der Waals surface area contributed by atoms with Crippen molar-refractivity contribution in [2.45, 2.75) is 46.6 Å². The van der Waals surface area contributed by atoms with Crippen molar-refractivity contribution < 1.29 is 4.90 Å². The Morgan fingerprint density at radius 3 is 2.35 bits per heavy atom. The van der Waals surface area contributed by atoms with Crippen LogP contribution in [0.3, 0.4) is 0 Å². The van der Waals surface area contributed by atoms with Crippen LogP contribution in [0.5, 0.6) is 0 Å². The summed E-state index contributed by atoms with van der Waals surface area (Å²) in [6.07, 6.45) is 1.97. The minimum Gasteiger partial charge on any atom is -0.345 e. The number of hydrogen-bond donors (Lipinski definition) is 1. The van der Waals surface area contributed by atoms with Gasteiger partial charge in [0.05, 0.1) is 38.1 Å². The number of aromatic nitrogens is 3. The second-order valence-electron chi connectivity index (χ2n) is 10.8. The molecule has 2 aromatic heterocycles. The van der Waals surface area contributed by atoms with E-state index in [0.717, 1.165) is 61.0 Å². The van der Waals surface area contributed by atoms with Crippen molar-refractivity contribution in [2.75, 3.05) is 31.1 Å². The lowest BCUT2D eigenvalue weighted by molar-refractivity contribution is -0.914. The molecule has 2 aromatic carbocycles. The molecule has 0 amide bonds. The van der Waals surface area contributed by atoms with Crippen LogP contribution in [0.15, 0.2) is 60.8 Å². The molecule has 0 aliphatic carbocycles. The lowest BCUT2D eigenvalue weighted by atomic mass is 9.91. The summed E-state index contributed by atoms with van der Waals surface area (Å²) in [5.41, 5.74) is 8.48. The van der Waals surface area contributed by atoms with Gasteiger partial charge in [0.25, 0.3) is 0 Å². The van der Waals surface area contributed by atoms with Crippen molar-refractivity contribution in [3.63, 3.8) is 0 Å². The highest BCUT2D eigenvalue weighted by molar-refractivity contribution is 5.78. The number of piperazine rings is 1. The zero-order valence-electron chi connectivity index (χ0n) is 21.1. The molecule has 0 bridgehead atoms. The maximum Gasteiger partial charge on any atom is 0.165 e. The third kappa shape index (κ3) is 4.45. The van der Waals surface area contributed by atoms with Crippen LogP contribution in [-0.2, 0) is 12.0 Å². The molecule has 1 saturated heterocycles. The smallest absolute Gasteiger partial charge is 0.165 e. The number of anilines is 1. The molecule has 34 heavy (non-hydrogen) atoms. The summed E-state index contributed by atoms with van der Waals surface area (Å²) in [6.45, 7) is 16.5. The van der Waals surface area contributed by atoms with Crippen LogP contribution in [-0.4, -0.2) is 40.8 Å². The molecular formula is C29H36N5+. The first kappa shape index (κ1) is 22.6. The third-order valence-corrected chi connectivity index (χ3v) is 7.04. The molecule has 5 heteroatoms. The largest absolute Gasteiger partial charge is 0.345 e. The van der Waals surface area contributed by atoms with Gasteiger partial charge in [0.1, 0.15) is 12.4 Å². The fourth-order valence-corrected chi connectivity index (χ4v) is 4.92. The van der Waals surface area contributed by atoms with Gasteiger partial charge in [-0.15, -0.1) is 0 Å². The third-order valence-electron chi connectivity index (χ3n) is 7.04. The number of quaternary nitrogens is 1. The van der Waals surface area contributed by atoms with Crippen LogP contribution in [0, 0.1) is 13.8 Å². The first-order valence-electron chi connectivity index (χ1n) is 12.4. The molecular weight excluding hydrogens is 418 g/mol. The number of nitrogens with zero attached hydrogens (tertiary/aromatic N) is 4. The monoisotopic (exact) mass is 454 g/mol. The van der Waals surface area contributed by atoms with Crippen LogP contribution in [0.25, 0.3) is 16.8 Å². The molecule has 3 heterocycles. The summed E-state index contributed by atoms with van der Waals surface area (Å²) in [5.74, 6) is 1.16. The van der Waals surface area contributed by atoms with Gasteiger partial charge in [-0.05, 0) is 25.0 Å². The second kappa shape index (κ2) is 8.88. The van der Waals surface area contributed by atoms with Gasteiger partial charge in [-0.1, -0.05) is 74.9 Å². The Morgan fingerprint density at radius 1 is 0.941 bits per heavy atom. The molecule has 176 valence electrons. The average molecular weight is 455 g/mol. The van der Waals surface area contributed by atoms with Crippen molar-refractivity contribution >= 4 is 11.5 Å². The molecule has 0 unspecified atom stereocenters. The van der Waals surface area contributed by atoms with E-state index in [2.05, 4.69) is 94.1 Å². The molecule has 5 rings (SSSR count). The van der Waals surface area contributed by atoms with Gasteiger partial charge in [-0.3, -0.25) is 0 Å². The summed E-state index contributed by atoms with van der Waals surface area (Å²) in [6, 6.07) is 19.6. The number of nitrogens with one attached hydrogen (secondary N) is 1. The van der Waals surface area contributed by atoms with Crippen LogP contribution in [0.1, 0.15) is 43.2 Å². The van der Waals surface area contributed by atoms with E-state index in [1.165, 1.54) is 16.7 Å². The van der Waals surface area contributed by atoms with Crippen LogP contribution >= 0.6 is 0 Å². The van der Waals surface area contributed by atoms with E-state index >= 15 is 0 Å². The van der Waals surface area contributed by atoms with Gasteiger partial charge in [0.15, 0.2) is 5.65 Å². The molecule has 5 nitrogen and oxygen atoms in total. The van der Waals surface area contributed by atoms with E-state index < -0.39 is 0 Å². The van der Waals surface area contributed by atoms with E-state index in [-0.39, 0.29) is 5.41 Å².